The lowest BCUT2D eigenvalue weighted by molar-refractivity contribution is 0.0933. The van der Waals surface area contributed by atoms with Crippen molar-refractivity contribution in [3.8, 4) is 11.5 Å². The number of nitrogens with zero attached hydrogens (tertiary/aromatic N) is 1. The molecule has 5 nitrogen and oxygen atoms in total. The average Bonchev–Trinajstić information content (AvgIpc) is 3.29. The molecule has 0 unspecified atom stereocenters. The van der Waals surface area contributed by atoms with Crippen LogP contribution < -0.4 is 14.8 Å². The Balaban J connectivity index is 1.69. The van der Waals surface area contributed by atoms with Crippen molar-refractivity contribution >= 4 is 5.91 Å². The summed E-state index contributed by atoms with van der Waals surface area (Å²) in [7, 11) is 1.67. The Kier molecular flexibility index (Phi) is 7.94. The Labute approximate surface area is 174 Å². The molecule has 2 aromatic rings. The molecule has 0 saturated carbocycles. The van der Waals surface area contributed by atoms with Crippen molar-refractivity contribution in [2.75, 3.05) is 33.4 Å². The van der Waals surface area contributed by atoms with Crippen LogP contribution in [-0.4, -0.2) is 44.2 Å². The van der Waals surface area contributed by atoms with E-state index in [-0.39, 0.29) is 11.9 Å². The van der Waals surface area contributed by atoms with E-state index in [0.29, 0.717) is 24.5 Å². The van der Waals surface area contributed by atoms with Crippen LogP contribution in [0.25, 0.3) is 0 Å². The molecule has 1 saturated heterocycles. The summed E-state index contributed by atoms with van der Waals surface area (Å²) in [5, 5.41) is 3.14. The molecule has 0 aliphatic carbocycles. The van der Waals surface area contributed by atoms with Crippen LogP contribution in [0.5, 0.6) is 11.5 Å². The van der Waals surface area contributed by atoms with E-state index in [4.69, 9.17) is 9.47 Å². The topological polar surface area (TPSA) is 50.8 Å². The number of para-hydroxylation sites is 1. The molecule has 1 fully saturated rings. The number of ether oxygens (including phenoxy) is 2. The van der Waals surface area contributed by atoms with Gasteiger partial charge in [-0.1, -0.05) is 37.6 Å². The fraction of sp³-hybridized carbons (Fsp3) is 0.458. The molecule has 1 aliphatic rings. The van der Waals surface area contributed by atoms with Crippen molar-refractivity contribution < 1.29 is 14.3 Å². The average molecular weight is 397 g/mol. The predicted octanol–water partition coefficient (Wildman–Crippen LogP) is 4.44. The van der Waals surface area contributed by atoms with Crippen molar-refractivity contribution in [3.63, 3.8) is 0 Å². The van der Waals surface area contributed by atoms with Gasteiger partial charge >= 0.3 is 0 Å². The summed E-state index contributed by atoms with van der Waals surface area (Å²) in [5.41, 5.74) is 1.79. The van der Waals surface area contributed by atoms with E-state index in [2.05, 4.69) is 29.3 Å². The van der Waals surface area contributed by atoms with Crippen LogP contribution in [0.1, 0.15) is 54.6 Å². The van der Waals surface area contributed by atoms with Gasteiger partial charge in [-0.15, -0.1) is 0 Å². The fourth-order valence-corrected chi connectivity index (χ4v) is 3.73. The summed E-state index contributed by atoms with van der Waals surface area (Å²) in [6, 6.07) is 15.8. The lowest BCUT2D eigenvalue weighted by Gasteiger charge is -2.28. The van der Waals surface area contributed by atoms with Crippen LogP contribution >= 0.6 is 0 Å². The zero-order chi connectivity index (χ0) is 20.5. The molecule has 0 spiro atoms. The quantitative estimate of drug-likeness (QED) is 0.603. The molecule has 5 heteroatoms. The van der Waals surface area contributed by atoms with Gasteiger partial charge in [0.15, 0.2) is 0 Å². The molecule has 0 radical (unpaired) electrons. The number of hydrogen-bond donors (Lipinski definition) is 1. The number of hydrogen-bond acceptors (Lipinski definition) is 4. The molecular formula is C24H32N2O3. The minimum absolute atomic E-state index is 0.0881. The lowest BCUT2D eigenvalue weighted by atomic mass is 10.0. The second kappa shape index (κ2) is 10.9. The van der Waals surface area contributed by atoms with E-state index in [0.717, 1.165) is 31.7 Å². The Morgan fingerprint density at radius 1 is 1.10 bits per heavy atom. The van der Waals surface area contributed by atoms with Crippen molar-refractivity contribution in [3.05, 3.63) is 59.7 Å². The van der Waals surface area contributed by atoms with Gasteiger partial charge in [-0.05, 0) is 62.2 Å². The first kappa shape index (κ1) is 21.2. The fourth-order valence-electron chi connectivity index (χ4n) is 3.73. The van der Waals surface area contributed by atoms with Gasteiger partial charge in [-0.25, -0.2) is 0 Å². The normalized spacial score (nSPS) is 15.1. The molecule has 3 rings (SSSR count). The molecule has 1 N–H and O–H groups in total. The van der Waals surface area contributed by atoms with Crippen molar-refractivity contribution in [1.29, 1.82) is 0 Å². The summed E-state index contributed by atoms with van der Waals surface area (Å²) in [6.45, 7) is 5.43. The number of amides is 1. The first-order valence-electron chi connectivity index (χ1n) is 10.6. The molecule has 1 heterocycles. The second-order valence-electron chi connectivity index (χ2n) is 7.44. The Hall–Kier alpha value is -2.53. The maximum Gasteiger partial charge on any atom is 0.255 e. The first-order chi connectivity index (χ1) is 14.2. The van der Waals surface area contributed by atoms with Crippen molar-refractivity contribution in [2.24, 2.45) is 0 Å². The minimum atomic E-state index is -0.0881. The van der Waals surface area contributed by atoms with E-state index < -0.39 is 0 Å². The van der Waals surface area contributed by atoms with Crippen LogP contribution in [0.2, 0.25) is 0 Å². The number of rotatable bonds is 10. The largest absolute Gasteiger partial charge is 0.497 e. The molecule has 1 atom stereocenters. The molecule has 29 heavy (non-hydrogen) atoms. The maximum absolute atomic E-state index is 12.9. The van der Waals surface area contributed by atoms with Crippen LogP contribution in [0, 0.1) is 0 Å². The van der Waals surface area contributed by atoms with E-state index in [1.165, 1.54) is 18.4 Å². The van der Waals surface area contributed by atoms with Gasteiger partial charge in [0.1, 0.15) is 11.5 Å². The number of benzene rings is 2. The highest BCUT2D eigenvalue weighted by Crippen LogP contribution is 2.26. The van der Waals surface area contributed by atoms with Gasteiger partial charge in [0, 0.05) is 6.54 Å². The van der Waals surface area contributed by atoms with E-state index in [1.807, 2.05) is 36.4 Å². The number of unbranched alkanes of at least 4 members (excludes halogenated alkanes) is 1. The zero-order valence-electron chi connectivity index (χ0n) is 17.5. The smallest absolute Gasteiger partial charge is 0.255 e. The highest BCUT2D eigenvalue weighted by molar-refractivity contribution is 5.96. The van der Waals surface area contributed by atoms with Crippen molar-refractivity contribution in [2.45, 2.75) is 38.6 Å². The van der Waals surface area contributed by atoms with Gasteiger partial charge in [0.05, 0.1) is 25.3 Å². The second-order valence-corrected chi connectivity index (χ2v) is 7.44. The van der Waals surface area contributed by atoms with E-state index >= 15 is 0 Å². The molecule has 156 valence electrons. The van der Waals surface area contributed by atoms with E-state index in [1.54, 1.807) is 7.11 Å². The number of carbonyl (C=O) groups excluding carboxylic acids is 1. The van der Waals surface area contributed by atoms with Crippen LogP contribution in [0.4, 0.5) is 0 Å². The summed E-state index contributed by atoms with van der Waals surface area (Å²) in [5.74, 6) is 1.41. The summed E-state index contributed by atoms with van der Waals surface area (Å²) in [4.78, 5) is 15.4. The third-order valence-electron chi connectivity index (χ3n) is 5.43. The SMILES string of the molecule is CCCCOc1ccccc1C(=O)NC[C@H](c1ccc(OC)cc1)N1CCCC1. The third kappa shape index (κ3) is 5.73. The Morgan fingerprint density at radius 2 is 1.83 bits per heavy atom. The number of nitrogens with one attached hydrogen (secondary N) is 1. The highest BCUT2D eigenvalue weighted by atomic mass is 16.5. The van der Waals surface area contributed by atoms with Gasteiger partial charge in [-0.3, -0.25) is 9.69 Å². The molecule has 1 amide bonds. The zero-order valence-corrected chi connectivity index (χ0v) is 17.5. The Morgan fingerprint density at radius 3 is 2.52 bits per heavy atom. The van der Waals surface area contributed by atoms with Gasteiger partial charge in [-0.2, -0.15) is 0 Å². The molecule has 0 aromatic heterocycles. The Bertz CT molecular complexity index is 770. The number of carbonyl (C=O) groups is 1. The molecular weight excluding hydrogens is 364 g/mol. The first-order valence-corrected chi connectivity index (χ1v) is 10.6. The summed E-state index contributed by atoms with van der Waals surface area (Å²) < 4.78 is 11.1. The van der Waals surface area contributed by atoms with Crippen LogP contribution in [0.3, 0.4) is 0 Å². The molecule has 1 aliphatic heterocycles. The minimum Gasteiger partial charge on any atom is -0.497 e. The molecule has 0 bridgehead atoms. The van der Waals surface area contributed by atoms with Crippen LogP contribution in [0.15, 0.2) is 48.5 Å². The molecule has 2 aromatic carbocycles. The summed E-state index contributed by atoms with van der Waals surface area (Å²) >= 11 is 0. The third-order valence-corrected chi connectivity index (χ3v) is 5.43. The standard InChI is InChI=1S/C24H32N2O3/c1-3-4-17-29-23-10-6-5-9-21(23)24(27)25-18-22(26-15-7-8-16-26)19-11-13-20(28-2)14-12-19/h5-6,9-14,22H,3-4,7-8,15-18H2,1-2H3,(H,25,27)/t22-/m1/s1. The highest BCUT2D eigenvalue weighted by Gasteiger charge is 2.24. The predicted molar refractivity (Wildman–Crippen MR) is 116 cm³/mol. The van der Waals surface area contributed by atoms with Crippen molar-refractivity contribution in [1.82, 2.24) is 10.2 Å². The monoisotopic (exact) mass is 396 g/mol. The lowest BCUT2D eigenvalue weighted by Crippen LogP contribution is -2.37. The van der Waals surface area contributed by atoms with Crippen LogP contribution in [-0.2, 0) is 0 Å². The maximum atomic E-state index is 12.9. The number of methoxy groups -OCH3 is 1. The van der Waals surface area contributed by atoms with Gasteiger partial charge < -0.3 is 14.8 Å². The van der Waals surface area contributed by atoms with Gasteiger partial charge in [0.2, 0.25) is 0 Å². The summed E-state index contributed by atoms with van der Waals surface area (Å²) in [6.07, 6.45) is 4.45. The van der Waals surface area contributed by atoms with E-state index in [9.17, 15) is 4.79 Å². The number of likely N-dealkylation sites (tertiary alicyclic amines) is 1. The van der Waals surface area contributed by atoms with Gasteiger partial charge in [0.25, 0.3) is 5.91 Å².